The van der Waals surface area contributed by atoms with E-state index in [0.29, 0.717) is 0 Å². The van der Waals surface area contributed by atoms with Crippen molar-refractivity contribution < 1.29 is 4.21 Å². The van der Waals surface area contributed by atoms with Crippen molar-refractivity contribution in [3.05, 3.63) is 23.8 Å². The number of rotatable bonds is 1. The topological polar surface area (TPSA) is 32.3 Å². The third kappa shape index (κ3) is 2.32. The number of aryl methyl sites for hydroxylation is 1. The molecule has 1 N–H and O–H groups in total. The first-order valence-electron chi connectivity index (χ1n) is 6.30. The fourth-order valence-corrected chi connectivity index (χ4v) is 3.59. The molecule has 0 saturated carbocycles. The van der Waals surface area contributed by atoms with Crippen molar-refractivity contribution in [2.75, 3.05) is 41.4 Å². The van der Waals surface area contributed by atoms with E-state index in [1.807, 2.05) is 0 Å². The molecular formula is C13H18N2OS. The minimum Gasteiger partial charge on any atom is -0.385 e. The fourth-order valence-electron chi connectivity index (χ4n) is 2.54. The Morgan fingerprint density at radius 1 is 1.24 bits per heavy atom. The minimum atomic E-state index is -0.594. The van der Waals surface area contributed by atoms with Gasteiger partial charge in [-0.1, -0.05) is 6.07 Å². The van der Waals surface area contributed by atoms with Crippen LogP contribution < -0.4 is 10.2 Å². The SMILES string of the molecule is O=S1CCN(c2ccc3c(c2)NCCC3)CC1. The predicted octanol–water partition coefficient (Wildman–Crippen LogP) is 1.61. The van der Waals surface area contributed by atoms with Crippen molar-refractivity contribution in [1.82, 2.24) is 0 Å². The van der Waals surface area contributed by atoms with Crippen molar-refractivity contribution in [2.45, 2.75) is 12.8 Å². The number of nitrogens with one attached hydrogen (secondary N) is 1. The van der Waals surface area contributed by atoms with Gasteiger partial charge < -0.3 is 10.2 Å². The van der Waals surface area contributed by atoms with Crippen LogP contribution in [0.5, 0.6) is 0 Å². The van der Waals surface area contributed by atoms with E-state index in [2.05, 4.69) is 28.4 Å². The van der Waals surface area contributed by atoms with E-state index < -0.39 is 10.8 Å². The lowest BCUT2D eigenvalue weighted by Crippen LogP contribution is -2.37. The molecule has 1 aromatic rings. The van der Waals surface area contributed by atoms with Crippen LogP contribution >= 0.6 is 0 Å². The zero-order chi connectivity index (χ0) is 11.7. The molecule has 0 bridgehead atoms. The van der Waals surface area contributed by atoms with Gasteiger partial charge in [0.2, 0.25) is 0 Å². The van der Waals surface area contributed by atoms with Crippen LogP contribution in [-0.4, -0.2) is 35.3 Å². The van der Waals surface area contributed by atoms with Crippen LogP contribution in [0.3, 0.4) is 0 Å². The highest BCUT2D eigenvalue weighted by molar-refractivity contribution is 7.85. The van der Waals surface area contributed by atoms with Gasteiger partial charge in [0, 0.05) is 53.3 Å². The maximum absolute atomic E-state index is 11.3. The summed E-state index contributed by atoms with van der Waals surface area (Å²) in [6, 6.07) is 6.70. The van der Waals surface area contributed by atoms with Gasteiger partial charge in [-0.05, 0) is 30.5 Å². The second-order valence-corrected chi connectivity index (χ2v) is 6.40. The van der Waals surface area contributed by atoms with Gasteiger partial charge >= 0.3 is 0 Å². The van der Waals surface area contributed by atoms with Crippen LogP contribution in [-0.2, 0) is 17.2 Å². The zero-order valence-corrected chi connectivity index (χ0v) is 10.8. The van der Waals surface area contributed by atoms with Gasteiger partial charge in [0.25, 0.3) is 0 Å². The van der Waals surface area contributed by atoms with Crippen molar-refractivity contribution in [1.29, 1.82) is 0 Å². The Morgan fingerprint density at radius 2 is 2.06 bits per heavy atom. The van der Waals surface area contributed by atoms with E-state index in [9.17, 15) is 4.21 Å². The van der Waals surface area contributed by atoms with Gasteiger partial charge in [0.05, 0.1) is 0 Å². The number of hydrogen-bond donors (Lipinski definition) is 1. The molecule has 92 valence electrons. The monoisotopic (exact) mass is 250 g/mol. The molecule has 1 saturated heterocycles. The summed E-state index contributed by atoms with van der Waals surface area (Å²) in [4.78, 5) is 2.35. The van der Waals surface area contributed by atoms with Crippen molar-refractivity contribution >= 4 is 22.2 Å². The van der Waals surface area contributed by atoms with E-state index in [-0.39, 0.29) is 0 Å². The Balaban J connectivity index is 1.81. The maximum atomic E-state index is 11.3. The predicted molar refractivity (Wildman–Crippen MR) is 73.3 cm³/mol. The lowest BCUT2D eigenvalue weighted by molar-refractivity contribution is 0.673. The molecule has 2 aliphatic heterocycles. The second-order valence-electron chi connectivity index (χ2n) is 4.71. The third-order valence-corrected chi connectivity index (χ3v) is 4.85. The molecule has 0 aliphatic carbocycles. The molecule has 0 radical (unpaired) electrons. The Hall–Kier alpha value is -1.03. The summed E-state index contributed by atoms with van der Waals surface area (Å²) in [5, 5.41) is 3.46. The molecule has 17 heavy (non-hydrogen) atoms. The van der Waals surface area contributed by atoms with E-state index in [1.54, 1.807) is 0 Å². The van der Waals surface area contributed by atoms with Crippen molar-refractivity contribution in [3.8, 4) is 0 Å². The minimum absolute atomic E-state index is 0.594. The molecular weight excluding hydrogens is 232 g/mol. The highest BCUT2D eigenvalue weighted by Gasteiger charge is 2.17. The summed E-state index contributed by atoms with van der Waals surface area (Å²) in [7, 11) is -0.594. The summed E-state index contributed by atoms with van der Waals surface area (Å²) in [5.74, 6) is 1.62. The Bertz CT molecular complexity index is 437. The second kappa shape index (κ2) is 4.69. The molecule has 4 heteroatoms. The van der Waals surface area contributed by atoms with Crippen LogP contribution in [0.2, 0.25) is 0 Å². The summed E-state index contributed by atoms with van der Waals surface area (Å²) in [6.45, 7) is 2.93. The quantitative estimate of drug-likeness (QED) is 0.822. The van der Waals surface area contributed by atoms with Gasteiger partial charge in [-0.15, -0.1) is 0 Å². The average molecular weight is 250 g/mol. The smallest absolute Gasteiger partial charge is 0.0411 e. The van der Waals surface area contributed by atoms with Gasteiger partial charge in [0.1, 0.15) is 0 Å². The maximum Gasteiger partial charge on any atom is 0.0411 e. The first kappa shape index (κ1) is 11.1. The molecule has 2 heterocycles. The Kier molecular flexibility index (Phi) is 3.05. The van der Waals surface area contributed by atoms with E-state index in [0.717, 1.165) is 31.1 Å². The van der Waals surface area contributed by atoms with Crippen molar-refractivity contribution in [3.63, 3.8) is 0 Å². The lowest BCUT2D eigenvalue weighted by atomic mass is 10.0. The van der Waals surface area contributed by atoms with E-state index in [1.165, 1.54) is 29.8 Å². The normalized spacial score (nSPS) is 20.8. The molecule has 1 fully saturated rings. The number of anilines is 2. The van der Waals surface area contributed by atoms with Crippen LogP contribution in [0.25, 0.3) is 0 Å². The van der Waals surface area contributed by atoms with Crippen LogP contribution in [0, 0.1) is 0 Å². The Labute approximate surface area is 105 Å². The molecule has 3 nitrogen and oxygen atoms in total. The molecule has 0 amide bonds. The molecule has 2 aliphatic rings. The average Bonchev–Trinajstić information content (AvgIpc) is 2.39. The molecule has 0 unspecified atom stereocenters. The van der Waals surface area contributed by atoms with Gasteiger partial charge in [-0.3, -0.25) is 4.21 Å². The molecule has 3 rings (SSSR count). The molecule has 0 spiro atoms. The largest absolute Gasteiger partial charge is 0.385 e. The van der Waals surface area contributed by atoms with Crippen LogP contribution in [0.15, 0.2) is 18.2 Å². The van der Waals surface area contributed by atoms with Gasteiger partial charge in [-0.25, -0.2) is 0 Å². The van der Waals surface area contributed by atoms with Gasteiger partial charge in [0.15, 0.2) is 0 Å². The summed E-state index contributed by atoms with van der Waals surface area (Å²) < 4.78 is 11.3. The number of hydrogen-bond acceptors (Lipinski definition) is 3. The number of fused-ring (bicyclic) bond motifs is 1. The Morgan fingerprint density at radius 3 is 2.88 bits per heavy atom. The molecule has 0 atom stereocenters. The summed E-state index contributed by atoms with van der Waals surface area (Å²) >= 11 is 0. The van der Waals surface area contributed by atoms with Gasteiger partial charge in [-0.2, -0.15) is 0 Å². The fraction of sp³-hybridized carbons (Fsp3) is 0.538. The number of nitrogens with zero attached hydrogens (tertiary/aromatic N) is 1. The van der Waals surface area contributed by atoms with Crippen LogP contribution in [0.1, 0.15) is 12.0 Å². The van der Waals surface area contributed by atoms with E-state index >= 15 is 0 Å². The molecule has 1 aromatic carbocycles. The first-order valence-corrected chi connectivity index (χ1v) is 7.78. The highest BCUT2D eigenvalue weighted by atomic mass is 32.2. The lowest BCUT2D eigenvalue weighted by Gasteiger charge is -2.30. The summed E-state index contributed by atoms with van der Waals surface area (Å²) in [6.07, 6.45) is 2.42. The first-order chi connectivity index (χ1) is 8.33. The zero-order valence-electron chi connectivity index (χ0n) is 9.95. The molecule has 0 aromatic heterocycles. The summed E-state index contributed by atoms with van der Waals surface area (Å²) in [5.41, 5.74) is 4.00. The van der Waals surface area contributed by atoms with Crippen molar-refractivity contribution in [2.24, 2.45) is 0 Å². The van der Waals surface area contributed by atoms with E-state index in [4.69, 9.17) is 0 Å². The number of benzene rings is 1. The highest BCUT2D eigenvalue weighted by Crippen LogP contribution is 2.27. The standard InChI is InChI=1S/C13H18N2OS/c16-17-8-6-15(7-9-17)12-4-3-11-2-1-5-14-13(11)10-12/h3-4,10,14H,1-2,5-9H2. The third-order valence-electron chi connectivity index (χ3n) is 3.57. The van der Waals surface area contributed by atoms with Crippen LogP contribution in [0.4, 0.5) is 11.4 Å².